The van der Waals surface area contributed by atoms with Gasteiger partial charge in [0.15, 0.2) is 0 Å². The zero-order chi connectivity index (χ0) is 14.0. The predicted molar refractivity (Wildman–Crippen MR) is 64.7 cm³/mol. The SMILES string of the molecule is O=C(O)C1CNCCN1c1cc(F)cc([N+](=O)[O-])c1. The van der Waals surface area contributed by atoms with Crippen LogP contribution in [-0.4, -0.2) is 41.7 Å². The van der Waals surface area contributed by atoms with Crippen LogP contribution in [0.25, 0.3) is 0 Å². The van der Waals surface area contributed by atoms with Crippen molar-refractivity contribution in [3.8, 4) is 0 Å². The summed E-state index contributed by atoms with van der Waals surface area (Å²) in [5.41, 5.74) is -0.182. The zero-order valence-electron chi connectivity index (χ0n) is 9.88. The first-order chi connectivity index (χ1) is 8.99. The monoisotopic (exact) mass is 269 g/mol. The van der Waals surface area contributed by atoms with Crippen molar-refractivity contribution in [2.24, 2.45) is 0 Å². The maximum atomic E-state index is 13.4. The lowest BCUT2D eigenvalue weighted by Gasteiger charge is -2.35. The van der Waals surface area contributed by atoms with Gasteiger partial charge in [0.05, 0.1) is 11.0 Å². The summed E-state index contributed by atoms with van der Waals surface area (Å²) >= 11 is 0. The minimum absolute atomic E-state index is 0.208. The third kappa shape index (κ3) is 2.79. The number of piperazine rings is 1. The van der Waals surface area contributed by atoms with Gasteiger partial charge in [-0.05, 0) is 6.07 Å². The molecule has 0 amide bonds. The van der Waals surface area contributed by atoms with Crippen LogP contribution in [0.1, 0.15) is 0 Å². The van der Waals surface area contributed by atoms with Crippen LogP contribution in [0.3, 0.4) is 0 Å². The van der Waals surface area contributed by atoms with E-state index in [1.165, 1.54) is 11.0 Å². The van der Waals surface area contributed by atoms with Crippen molar-refractivity contribution < 1.29 is 19.2 Å². The van der Waals surface area contributed by atoms with E-state index < -0.39 is 28.4 Å². The number of aliphatic carboxylic acids is 1. The number of nitrogens with one attached hydrogen (secondary N) is 1. The summed E-state index contributed by atoms with van der Waals surface area (Å²) in [5.74, 6) is -1.81. The molecule has 0 aliphatic carbocycles. The lowest BCUT2D eigenvalue weighted by Crippen LogP contribution is -2.55. The van der Waals surface area contributed by atoms with E-state index in [1.807, 2.05) is 0 Å². The molecule has 0 radical (unpaired) electrons. The van der Waals surface area contributed by atoms with Crippen molar-refractivity contribution in [2.45, 2.75) is 6.04 Å². The highest BCUT2D eigenvalue weighted by molar-refractivity contribution is 5.79. The van der Waals surface area contributed by atoms with Gasteiger partial charge >= 0.3 is 5.97 Å². The number of benzene rings is 1. The van der Waals surface area contributed by atoms with Gasteiger partial charge in [-0.3, -0.25) is 10.1 Å². The Bertz CT molecular complexity index is 523. The van der Waals surface area contributed by atoms with E-state index >= 15 is 0 Å². The number of carbonyl (C=O) groups is 1. The molecule has 1 saturated heterocycles. The lowest BCUT2D eigenvalue weighted by atomic mass is 10.1. The normalized spacial score (nSPS) is 19.2. The molecule has 1 atom stereocenters. The Labute approximate surface area is 107 Å². The highest BCUT2D eigenvalue weighted by Crippen LogP contribution is 2.25. The van der Waals surface area contributed by atoms with Crippen LogP contribution in [0.5, 0.6) is 0 Å². The van der Waals surface area contributed by atoms with Crippen molar-refractivity contribution in [1.29, 1.82) is 0 Å². The Balaban J connectivity index is 2.38. The van der Waals surface area contributed by atoms with Crippen LogP contribution in [0, 0.1) is 15.9 Å². The summed E-state index contributed by atoms with van der Waals surface area (Å²) in [6, 6.07) is 2.23. The summed E-state index contributed by atoms with van der Waals surface area (Å²) in [7, 11) is 0. The van der Waals surface area contributed by atoms with Gasteiger partial charge in [0.1, 0.15) is 11.9 Å². The molecule has 1 aliphatic heterocycles. The number of halogens is 1. The molecule has 1 aromatic carbocycles. The molecule has 102 valence electrons. The van der Waals surface area contributed by atoms with Gasteiger partial charge in [0.2, 0.25) is 0 Å². The fourth-order valence-corrected chi connectivity index (χ4v) is 2.06. The van der Waals surface area contributed by atoms with Gasteiger partial charge < -0.3 is 15.3 Å². The number of nitrogens with zero attached hydrogens (tertiary/aromatic N) is 2. The van der Waals surface area contributed by atoms with Gasteiger partial charge in [0, 0.05) is 31.4 Å². The highest BCUT2D eigenvalue weighted by atomic mass is 19.1. The number of carboxylic acids is 1. The van der Waals surface area contributed by atoms with Crippen molar-refractivity contribution in [1.82, 2.24) is 5.32 Å². The molecule has 1 aromatic rings. The number of rotatable bonds is 3. The molecule has 0 bridgehead atoms. The van der Waals surface area contributed by atoms with E-state index in [2.05, 4.69) is 5.32 Å². The summed E-state index contributed by atoms with van der Waals surface area (Å²) in [6.45, 7) is 1.09. The summed E-state index contributed by atoms with van der Waals surface area (Å²) < 4.78 is 13.4. The second-order valence-corrected chi connectivity index (χ2v) is 4.18. The Morgan fingerprint density at radius 2 is 2.26 bits per heavy atom. The molecule has 8 heteroatoms. The predicted octanol–water partition coefficient (Wildman–Crippen LogP) is 0.597. The molecule has 2 rings (SSSR count). The topological polar surface area (TPSA) is 95.7 Å². The smallest absolute Gasteiger partial charge is 0.327 e. The number of non-ortho nitro benzene ring substituents is 1. The molecule has 1 fully saturated rings. The van der Waals surface area contributed by atoms with Crippen molar-refractivity contribution in [3.05, 3.63) is 34.1 Å². The van der Waals surface area contributed by atoms with Crippen LogP contribution >= 0.6 is 0 Å². The Morgan fingerprint density at radius 1 is 1.53 bits per heavy atom. The second-order valence-electron chi connectivity index (χ2n) is 4.18. The molecule has 0 aromatic heterocycles. The van der Waals surface area contributed by atoms with E-state index in [1.54, 1.807) is 0 Å². The maximum absolute atomic E-state index is 13.4. The number of carboxylic acid groups (broad SMARTS) is 1. The number of hydrogen-bond acceptors (Lipinski definition) is 5. The van der Waals surface area contributed by atoms with Gasteiger partial charge in [-0.15, -0.1) is 0 Å². The standard InChI is InChI=1S/C11H12FN3O4/c12-7-3-8(5-9(4-7)15(18)19)14-2-1-13-6-10(14)11(16)17/h3-5,10,13H,1-2,6H2,(H,16,17). The molecule has 1 aliphatic rings. The number of hydrogen-bond donors (Lipinski definition) is 2. The van der Waals surface area contributed by atoms with E-state index in [4.69, 9.17) is 5.11 Å². The minimum atomic E-state index is -1.06. The molecule has 19 heavy (non-hydrogen) atoms. The van der Waals surface area contributed by atoms with Crippen LogP contribution in [0.4, 0.5) is 15.8 Å². The second kappa shape index (κ2) is 5.19. The fraction of sp³-hybridized carbons (Fsp3) is 0.364. The molecular weight excluding hydrogens is 257 g/mol. The molecular formula is C11H12FN3O4. The quantitative estimate of drug-likeness (QED) is 0.616. The number of anilines is 1. The van der Waals surface area contributed by atoms with Crippen LogP contribution in [0.2, 0.25) is 0 Å². The lowest BCUT2D eigenvalue weighted by molar-refractivity contribution is -0.385. The molecule has 0 spiro atoms. The third-order valence-electron chi connectivity index (χ3n) is 2.94. The first-order valence-corrected chi connectivity index (χ1v) is 5.64. The van der Waals surface area contributed by atoms with Gasteiger partial charge in [-0.25, -0.2) is 9.18 Å². The van der Waals surface area contributed by atoms with E-state index in [0.717, 1.165) is 12.1 Å². The van der Waals surface area contributed by atoms with Crippen LogP contribution < -0.4 is 10.2 Å². The molecule has 2 N–H and O–H groups in total. The van der Waals surface area contributed by atoms with Crippen molar-refractivity contribution in [2.75, 3.05) is 24.5 Å². The average molecular weight is 269 g/mol. The Kier molecular flexibility index (Phi) is 3.61. The van der Waals surface area contributed by atoms with E-state index in [-0.39, 0.29) is 12.2 Å². The highest BCUT2D eigenvalue weighted by Gasteiger charge is 2.29. The molecule has 1 unspecified atom stereocenters. The maximum Gasteiger partial charge on any atom is 0.327 e. The number of nitro benzene ring substituents is 1. The molecule has 7 nitrogen and oxygen atoms in total. The summed E-state index contributed by atoms with van der Waals surface area (Å²) in [4.78, 5) is 22.6. The zero-order valence-corrected chi connectivity index (χ0v) is 9.88. The molecule has 1 heterocycles. The van der Waals surface area contributed by atoms with E-state index in [9.17, 15) is 19.3 Å². The van der Waals surface area contributed by atoms with Gasteiger partial charge in [0.25, 0.3) is 5.69 Å². The van der Waals surface area contributed by atoms with Crippen molar-refractivity contribution >= 4 is 17.3 Å². The van der Waals surface area contributed by atoms with Crippen molar-refractivity contribution in [3.63, 3.8) is 0 Å². The Hall–Kier alpha value is -2.22. The minimum Gasteiger partial charge on any atom is -0.480 e. The number of nitro groups is 1. The third-order valence-corrected chi connectivity index (χ3v) is 2.94. The van der Waals surface area contributed by atoms with Gasteiger partial charge in [-0.1, -0.05) is 0 Å². The summed E-state index contributed by atoms with van der Waals surface area (Å²) in [5, 5.41) is 22.7. The Morgan fingerprint density at radius 3 is 2.89 bits per heavy atom. The van der Waals surface area contributed by atoms with E-state index in [0.29, 0.717) is 13.1 Å². The fourth-order valence-electron chi connectivity index (χ4n) is 2.06. The van der Waals surface area contributed by atoms with Crippen LogP contribution in [0.15, 0.2) is 18.2 Å². The first kappa shape index (κ1) is 13.2. The molecule has 0 saturated carbocycles. The average Bonchev–Trinajstić information content (AvgIpc) is 2.37. The van der Waals surface area contributed by atoms with Crippen LogP contribution in [-0.2, 0) is 4.79 Å². The van der Waals surface area contributed by atoms with Gasteiger partial charge in [-0.2, -0.15) is 0 Å². The first-order valence-electron chi connectivity index (χ1n) is 5.64. The summed E-state index contributed by atoms with van der Waals surface area (Å²) in [6.07, 6.45) is 0. The largest absolute Gasteiger partial charge is 0.480 e.